The van der Waals surface area contributed by atoms with Gasteiger partial charge in [-0.15, -0.1) is 0 Å². The van der Waals surface area contributed by atoms with Crippen LogP contribution in [0.25, 0.3) is 21.9 Å². The third kappa shape index (κ3) is 3.65. The SMILES string of the molecule is Cc1ccc(C(=O)C2CC3CCC(C2)N3C(=O)OCC2c3ccccc3-c3ccccc32)c2ccccc12. The van der Waals surface area contributed by atoms with Gasteiger partial charge in [-0.05, 0) is 71.2 Å². The largest absolute Gasteiger partial charge is 0.448 e. The highest BCUT2D eigenvalue weighted by Gasteiger charge is 2.46. The highest BCUT2D eigenvalue weighted by molar-refractivity contribution is 6.10. The Balaban J connectivity index is 1.07. The van der Waals surface area contributed by atoms with Crippen molar-refractivity contribution < 1.29 is 14.3 Å². The number of Topliss-reactive ketones (excluding diaryl/α,β-unsaturated/α-hetero) is 1. The molecule has 7 rings (SSSR count). The summed E-state index contributed by atoms with van der Waals surface area (Å²) in [6.07, 6.45) is 3.07. The molecule has 190 valence electrons. The molecule has 1 aliphatic carbocycles. The van der Waals surface area contributed by atoms with Gasteiger partial charge in [0.1, 0.15) is 6.61 Å². The molecular formula is C34H31NO3. The van der Waals surface area contributed by atoms with Gasteiger partial charge in [0.25, 0.3) is 0 Å². The minimum Gasteiger partial charge on any atom is -0.448 e. The van der Waals surface area contributed by atoms with Crippen molar-refractivity contribution in [2.24, 2.45) is 5.92 Å². The number of rotatable bonds is 4. The predicted molar refractivity (Wildman–Crippen MR) is 149 cm³/mol. The second kappa shape index (κ2) is 9.13. The lowest BCUT2D eigenvalue weighted by molar-refractivity contribution is 0.0506. The van der Waals surface area contributed by atoms with Crippen molar-refractivity contribution in [3.05, 3.63) is 107 Å². The topological polar surface area (TPSA) is 46.6 Å². The van der Waals surface area contributed by atoms with Crippen molar-refractivity contribution in [1.82, 2.24) is 4.90 Å². The molecule has 38 heavy (non-hydrogen) atoms. The first-order valence-corrected chi connectivity index (χ1v) is 13.8. The highest BCUT2D eigenvalue weighted by Crippen LogP contribution is 2.45. The number of nitrogens with zero attached hydrogens (tertiary/aromatic N) is 1. The number of ketones is 1. The zero-order chi connectivity index (χ0) is 25.8. The van der Waals surface area contributed by atoms with Gasteiger partial charge >= 0.3 is 6.09 Å². The molecule has 0 saturated carbocycles. The van der Waals surface area contributed by atoms with E-state index in [1.165, 1.54) is 27.8 Å². The monoisotopic (exact) mass is 501 g/mol. The number of carbonyl (C=O) groups is 2. The summed E-state index contributed by atoms with van der Waals surface area (Å²) < 4.78 is 6.01. The maximum Gasteiger partial charge on any atom is 0.410 e. The van der Waals surface area contributed by atoms with Crippen LogP contribution in [-0.2, 0) is 4.74 Å². The van der Waals surface area contributed by atoms with Gasteiger partial charge in [0, 0.05) is 29.5 Å². The third-order valence-electron chi connectivity index (χ3n) is 9.06. The highest BCUT2D eigenvalue weighted by atomic mass is 16.6. The smallest absolute Gasteiger partial charge is 0.410 e. The molecule has 4 aromatic carbocycles. The van der Waals surface area contributed by atoms with Gasteiger partial charge in [-0.1, -0.05) is 84.9 Å². The molecule has 2 heterocycles. The zero-order valence-corrected chi connectivity index (χ0v) is 21.6. The summed E-state index contributed by atoms with van der Waals surface area (Å²) in [5.74, 6) is 0.208. The van der Waals surface area contributed by atoms with Crippen LogP contribution in [0.3, 0.4) is 0 Å². The van der Waals surface area contributed by atoms with Crippen LogP contribution in [-0.4, -0.2) is 35.5 Å². The van der Waals surface area contributed by atoms with Crippen molar-refractivity contribution in [1.29, 1.82) is 0 Å². The van der Waals surface area contributed by atoms with E-state index in [9.17, 15) is 9.59 Å². The average molecular weight is 502 g/mol. The molecule has 3 aliphatic rings. The van der Waals surface area contributed by atoms with Crippen LogP contribution in [0.4, 0.5) is 4.79 Å². The fraction of sp³-hybridized carbons (Fsp3) is 0.294. The van der Waals surface area contributed by atoms with Gasteiger partial charge in [0.15, 0.2) is 5.78 Å². The second-order valence-electron chi connectivity index (χ2n) is 11.1. The van der Waals surface area contributed by atoms with Crippen molar-refractivity contribution in [3.8, 4) is 11.1 Å². The number of amides is 1. The van der Waals surface area contributed by atoms with Crippen LogP contribution in [0.15, 0.2) is 84.9 Å². The molecule has 4 aromatic rings. The van der Waals surface area contributed by atoms with E-state index in [1.54, 1.807) is 0 Å². The molecule has 2 fully saturated rings. The molecular weight excluding hydrogens is 470 g/mol. The predicted octanol–water partition coefficient (Wildman–Crippen LogP) is 7.52. The summed E-state index contributed by atoms with van der Waals surface area (Å²) in [5, 5.41) is 2.17. The Labute approximate surface area is 223 Å². The van der Waals surface area contributed by atoms with E-state index in [0.29, 0.717) is 19.4 Å². The quantitative estimate of drug-likeness (QED) is 0.272. The molecule has 2 aliphatic heterocycles. The summed E-state index contributed by atoms with van der Waals surface area (Å²) in [7, 11) is 0. The first kappa shape index (κ1) is 23.2. The molecule has 2 bridgehead atoms. The average Bonchev–Trinajstić information content (AvgIpc) is 3.42. The number of hydrogen-bond donors (Lipinski definition) is 0. The van der Waals surface area contributed by atoms with Gasteiger partial charge in [-0.3, -0.25) is 4.79 Å². The summed E-state index contributed by atoms with van der Waals surface area (Å²) >= 11 is 0. The minimum absolute atomic E-state index is 0.0536. The molecule has 4 heteroatoms. The third-order valence-corrected chi connectivity index (χ3v) is 9.06. The summed E-state index contributed by atoms with van der Waals surface area (Å²) in [6, 6.07) is 29.1. The second-order valence-corrected chi connectivity index (χ2v) is 11.1. The van der Waals surface area contributed by atoms with Gasteiger partial charge < -0.3 is 9.64 Å². The molecule has 0 spiro atoms. The van der Waals surface area contributed by atoms with E-state index in [4.69, 9.17) is 4.74 Å². The Morgan fingerprint density at radius 1 is 0.763 bits per heavy atom. The molecule has 2 unspecified atom stereocenters. The Hall–Kier alpha value is -3.92. The number of hydrogen-bond acceptors (Lipinski definition) is 3. The number of carbonyl (C=O) groups excluding carboxylic acids is 2. The standard InChI is InChI=1S/C34H31NO3/c1-21-14-17-31(26-9-3-2-8-25(21)26)33(36)22-18-23-15-16-24(19-22)35(23)34(37)38-20-32-29-12-6-4-10-27(29)28-11-5-7-13-30(28)32/h2-14,17,22-24,32H,15-16,18-20H2,1H3. The molecule has 2 saturated heterocycles. The van der Waals surface area contributed by atoms with E-state index < -0.39 is 0 Å². The van der Waals surface area contributed by atoms with Crippen molar-refractivity contribution in [2.45, 2.75) is 50.6 Å². The first-order valence-electron chi connectivity index (χ1n) is 13.8. The van der Waals surface area contributed by atoms with Gasteiger partial charge in [-0.25, -0.2) is 4.79 Å². The number of benzene rings is 4. The van der Waals surface area contributed by atoms with Crippen LogP contribution < -0.4 is 0 Å². The van der Waals surface area contributed by atoms with Crippen molar-refractivity contribution >= 4 is 22.6 Å². The summed E-state index contributed by atoms with van der Waals surface area (Å²) in [5.41, 5.74) is 6.89. The Morgan fingerprint density at radius 2 is 1.34 bits per heavy atom. The van der Waals surface area contributed by atoms with Crippen LogP contribution in [0.2, 0.25) is 0 Å². The number of aryl methyl sites for hydroxylation is 1. The lowest BCUT2D eigenvalue weighted by Crippen LogP contribution is -2.48. The fourth-order valence-corrected chi connectivity index (χ4v) is 7.24. The van der Waals surface area contributed by atoms with Crippen molar-refractivity contribution in [2.75, 3.05) is 6.61 Å². The van der Waals surface area contributed by atoms with Gasteiger partial charge in [0.2, 0.25) is 0 Å². The van der Waals surface area contributed by atoms with Crippen LogP contribution in [0, 0.1) is 12.8 Å². The van der Waals surface area contributed by atoms with Crippen LogP contribution in [0.1, 0.15) is 58.6 Å². The molecule has 1 amide bonds. The summed E-state index contributed by atoms with van der Waals surface area (Å²) in [6.45, 7) is 2.42. The first-order chi connectivity index (χ1) is 18.6. The van der Waals surface area contributed by atoms with Crippen LogP contribution in [0.5, 0.6) is 0 Å². The molecule has 0 aromatic heterocycles. The van der Waals surface area contributed by atoms with Crippen molar-refractivity contribution in [3.63, 3.8) is 0 Å². The van der Waals surface area contributed by atoms with E-state index in [-0.39, 0.29) is 35.8 Å². The fourth-order valence-electron chi connectivity index (χ4n) is 7.24. The van der Waals surface area contributed by atoms with E-state index >= 15 is 0 Å². The van der Waals surface area contributed by atoms with Gasteiger partial charge in [0.05, 0.1) is 0 Å². The number of piperidine rings is 1. The Kier molecular flexibility index (Phi) is 5.57. The van der Waals surface area contributed by atoms with Gasteiger partial charge in [-0.2, -0.15) is 0 Å². The molecule has 0 radical (unpaired) electrons. The van der Waals surface area contributed by atoms with E-state index in [1.807, 2.05) is 23.1 Å². The number of ether oxygens (including phenoxy) is 1. The molecule has 4 nitrogen and oxygen atoms in total. The lowest BCUT2D eigenvalue weighted by Gasteiger charge is -2.38. The Bertz CT molecular complexity index is 1510. The number of fused-ring (bicyclic) bond motifs is 6. The van der Waals surface area contributed by atoms with E-state index in [0.717, 1.165) is 29.2 Å². The Morgan fingerprint density at radius 3 is 2.00 bits per heavy atom. The summed E-state index contributed by atoms with van der Waals surface area (Å²) in [4.78, 5) is 29.1. The molecule has 2 atom stereocenters. The maximum absolute atomic E-state index is 13.7. The maximum atomic E-state index is 13.7. The van der Waals surface area contributed by atoms with Crippen LogP contribution >= 0.6 is 0 Å². The minimum atomic E-state index is -0.231. The van der Waals surface area contributed by atoms with E-state index in [2.05, 4.69) is 73.7 Å². The molecule has 0 N–H and O–H groups in total. The lowest BCUT2D eigenvalue weighted by atomic mass is 9.83. The normalized spacial score (nSPS) is 21.8. The zero-order valence-electron chi connectivity index (χ0n) is 21.6.